The molecule has 3 heterocycles. The Labute approximate surface area is 214 Å². The maximum atomic E-state index is 13.3. The van der Waals surface area contributed by atoms with Crippen LogP contribution in [0, 0.1) is 11.8 Å². The van der Waals surface area contributed by atoms with Crippen LogP contribution in [0.15, 0.2) is 10.6 Å². The summed E-state index contributed by atoms with van der Waals surface area (Å²) in [6.45, 7) is 5.43. The van der Waals surface area contributed by atoms with Crippen LogP contribution < -0.4 is 0 Å². The molecule has 11 nitrogen and oxygen atoms in total. The average Bonchev–Trinajstić information content (AvgIpc) is 3.04. The van der Waals surface area contributed by atoms with E-state index in [1.165, 1.54) is 28.5 Å². The summed E-state index contributed by atoms with van der Waals surface area (Å²) in [6.07, 6.45) is 1.04. The summed E-state index contributed by atoms with van der Waals surface area (Å²) < 4.78 is 21.1. The number of thioether (sulfide) groups is 1. The molecule has 2 saturated heterocycles. The fourth-order valence-electron chi connectivity index (χ4n) is 5.34. The van der Waals surface area contributed by atoms with Gasteiger partial charge in [0.15, 0.2) is 0 Å². The number of nitrogens with zero attached hydrogens (tertiary/aromatic N) is 2. The second-order valence-corrected chi connectivity index (χ2v) is 11.2. The van der Waals surface area contributed by atoms with Gasteiger partial charge in [0.25, 0.3) is 0 Å². The van der Waals surface area contributed by atoms with Crippen LogP contribution in [0.2, 0.25) is 0 Å². The van der Waals surface area contributed by atoms with Crippen molar-refractivity contribution in [1.82, 2.24) is 9.80 Å². The summed E-state index contributed by atoms with van der Waals surface area (Å²) in [7, 11) is 1.63. The highest BCUT2D eigenvalue weighted by atomic mass is 32.2. The number of carbonyl (C=O) groups excluding carboxylic acids is 4. The van der Waals surface area contributed by atoms with Gasteiger partial charge in [-0.15, -0.1) is 11.8 Å². The smallest absolute Gasteiger partial charge is 0.448 e. The van der Waals surface area contributed by atoms with Gasteiger partial charge in [0.1, 0.15) is 18.4 Å². The van der Waals surface area contributed by atoms with E-state index in [1.54, 1.807) is 14.0 Å². The normalized spacial score (nSPS) is 30.2. The first kappa shape index (κ1) is 26.6. The van der Waals surface area contributed by atoms with E-state index < -0.39 is 36.5 Å². The lowest BCUT2D eigenvalue weighted by molar-refractivity contribution is -0.174. The second kappa shape index (κ2) is 10.9. The Morgan fingerprint density at radius 3 is 2.47 bits per heavy atom. The van der Waals surface area contributed by atoms with Gasteiger partial charge in [-0.05, 0) is 32.6 Å². The Bertz CT molecular complexity index is 933. The molecule has 200 valence electrons. The van der Waals surface area contributed by atoms with Crippen LogP contribution in [0.1, 0.15) is 52.9 Å². The SMILES string of the molecule is CC(OC(=O)OC1CCCCC1)OC(=O)C1=C(SC2COC(=O)N(C)C2)[C@H](C)[C@@H]2[C@@H]([C@@H](C)O)C(=O)N12. The van der Waals surface area contributed by atoms with Gasteiger partial charge in [-0.1, -0.05) is 13.3 Å². The van der Waals surface area contributed by atoms with Gasteiger partial charge < -0.3 is 33.9 Å². The van der Waals surface area contributed by atoms with Gasteiger partial charge >= 0.3 is 18.2 Å². The second-order valence-electron chi connectivity index (χ2n) is 9.88. The number of hydrogen-bond acceptors (Lipinski definition) is 10. The van der Waals surface area contributed by atoms with Gasteiger partial charge in [0.05, 0.1) is 23.3 Å². The lowest BCUT2D eigenvalue weighted by Gasteiger charge is -2.46. The van der Waals surface area contributed by atoms with E-state index in [-0.39, 0.29) is 41.5 Å². The van der Waals surface area contributed by atoms with Crippen molar-refractivity contribution < 1.29 is 43.2 Å². The van der Waals surface area contributed by atoms with E-state index in [0.29, 0.717) is 11.4 Å². The Hall–Kier alpha value is -2.47. The molecule has 4 aliphatic rings. The first-order valence-corrected chi connectivity index (χ1v) is 13.3. The summed E-state index contributed by atoms with van der Waals surface area (Å²) in [5, 5.41) is 10.00. The van der Waals surface area contributed by atoms with Crippen LogP contribution in [0.5, 0.6) is 0 Å². The number of fused-ring (bicyclic) bond motifs is 1. The van der Waals surface area contributed by atoms with E-state index in [0.717, 1.165) is 32.1 Å². The number of aliphatic hydroxyl groups excluding tert-OH is 1. The quantitative estimate of drug-likeness (QED) is 0.228. The maximum Gasteiger partial charge on any atom is 0.511 e. The van der Waals surface area contributed by atoms with Crippen molar-refractivity contribution in [2.75, 3.05) is 20.2 Å². The molecule has 0 bridgehead atoms. The zero-order valence-electron chi connectivity index (χ0n) is 21.0. The molecule has 1 N–H and O–H groups in total. The van der Waals surface area contributed by atoms with Crippen molar-refractivity contribution in [3.8, 4) is 0 Å². The highest BCUT2D eigenvalue weighted by molar-refractivity contribution is 8.03. The van der Waals surface area contributed by atoms with E-state index >= 15 is 0 Å². The predicted octanol–water partition coefficient (Wildman–Crippen LogP) is 2.61. The molecule has 1 aliphatic carbocycles. The molecule has 0 aromatic carbocycles. The number of cyclic esters (lactones) is 1. The molecule has 1 saturated carbocycles. The lowest BCUT2D eigenvalue weighted by atomic mass is 9.79. The zero-order valence-corrected chi connectivity index (χ0v) is 21.8. The summed E-state index contributed by atoms with van der Waals surface area (Å²) in [6, 6.07) is -0.390. The van der Waals surface area contributed by atoms with Crippen molar-refractivity contribution in [3.05, 3.63) is 10.6 Å². The van der Waals surface area contributed by atoms with Gasteiger partial charge in [0, 0.05) is 31.3 Å². The Kier molecular flexibility index (Phi) is 8.03. The molecule has 0 spiro atoms. The van der Waals surface area contributed by atoms with Crippen LogP contribution in [0.4, 0.5) is 9.59 Å². The summed E-state index contributed by atoms with van der Waals surface area (Å²) in [5.74, 6) is -2.04. The predicted molar refractivity (Wildman–Crippen MR) is 127 cm³/mol. The molecule has 36 heavy (non-hydrogen) atoms. The van der Waals surface area contributed by atoms with E-state index in [1.807, 2.05) is 6.92 Å². The van der Waals surface area contributed by atoms with Crippen molar-refractivity contribution in [2.45, 2.75) is 82.7 Å². The maximum absolute atomic E-state index is 13.3. The molecule has 0 aromatic rings. The molecule has 0 radical (unpaired) electrons. The van der Waals surface area contributed by atoms with Crippen LogP contribution in [0.3, 0.4) is 0 Å². The number of rotatable bonds is 7. The van der Waals surface area contributed by atoms with Crippen molar-refractivity contribution in [3.63, 3.8) is 0 Å². The molecular formula is C24H34N2O9S. The third-order valence-electron chi connectivity index (χ3n) is 7.13. The molecular weight excluding hydrogens is 492 g/mol. The average molecular weight is 527 g/mol. The van der Waals surface area contributed by atoms with Gasteiger partial charge in [-0.2, -0.15) is 0 Å². The first-order valence-electron chi connectivity index (χ1n) is 12.5. The minimum Gasteiger partial charge on any atom is -0.448 e. The van der Waals surface area contributed by atoms with E-state index in [2.05, 4.69) is 0 Å². The molecule has 2 amide bonds. The molecule has 3 fully saturated rings. The van der Waals surface area contributed by atoms with Crippen LogP contribution in [0.25, 0.3) is 0 Å². The first-order chi connectivity index (χ1) is 17.1. The van der Waals surface area contributed by atoms with E-state index in [9.17, 15) is 24.3 Å². The third kappa shape index (κ3) is 5.29. The third-order valence-corrected chi connectivity index (χ3v) is 8.57. The largest absolute Gasteiger partial charge is 0.511 e. The molecule has 12 heteroatoms. The number of hydrogen-bond donors (Lipinski definition) is 1. The minimum atomic E-state index is -1.23. The number of carbonyl (C=O) groups is 4. The van der Waals surface area contributed by atoms with E-state index in [4.69, 9.17) is 18.9 Å². The van der Waals surface area contributed by atoms with Gasteiger partial charge in [-0.3, -0.25) is 4.79 Å². The fraction of sp³-hybridized carbons (Fsp3) is 0.750. The zero-order chi connectivity index (χ0) is 26.1. The molecule has 2 unspecified atom stereocenters. The van der Waals surface area contributed by atoms with Crippen molar-refractivity contribution in [2.24, 2.45) is 11.8 Å². The summed E-state index contributed by atoms with van der Waals surface area (Å²) >= 11 is 1.36. The highest BCUT2D eigenvalue weighted by Gasteiger charge is 2.60. The number of β-lactam (4-membered cyclic amide) rings is 1. The Balaban J connectivity index is 1.46. The number of amides is 2. The summed E-state index contributed by atoms with van der Waals surface area (Å²) in [5.41, 5.74) is 0.0788. The topological polar surface area (TPSA) is 132 Å². The molecule has 4 rings (SSSR count). The minimum absolute atomic E-state index is 0.0788. The Morgan fingerprint density at radius 2 is 1.83 bits per heavy atom. The Morgan fingerprint density at radius 1 is 1.14 bits per heavy atom. The van der Waals surface area contributed by atoms with Crippen LogP contribution in [-0.2, 0) is 28.5 Å². The molecule has 0 aromatic heterocycles. The number of esters is 1. The monoisotopic (exact) mass is 526 g/mol. The summed E-state index contributed by atoms with van der Waals surface area (Å²) in [4.78, 5) is 53.5. The standard InChI is InChI=1S/C24H34N2O9S/c1-12-18-17(13(2)27)21(28)26(18)19(20(12)36-16-10-25(4)23(30)32-11-16)22(29)33-14(3)34-24(31)35-15-8-6-5-7-9-15/h12-18,27H,5-11H2,1-4H3/t12-,13-,14?,16?,17-,18-/m1/s1. The van der Waals surface area contributed by atoms with Gasteiger partial charge in [-0.25, -0.2) is 14.4 Å². The molecule has 6 atom stereocenters. The lowest BCUT2D eigenvalue weighted by Crippen LogP contribution is -2.63. The van der Waals surface area contributed by atoms with Crippen molar-refractivity contribution >= 4 is 35.9 Å². The number of aliphatic hydroxyl groups is 1. The van der Waals surface area contributed by atoms with Gasteiger partial charge in [0.2, 0.25) is 12.2 Å². The molecule has 3 aliphatic heterocycles. The number of ether oxygens (including phenoxy) is 4. The van der Waals surface area contributed by atoms with Crippen LogP contribution in [-0.4, -0.2) is 89.0 Å². The van der Waals surface area contributed by atoms with Crippen LogP contribution >= 0.6 is 11.8 Å². The highest BCUT2D eigenvalue weighted by Crippen LogP contribution is 2.51. The van der Waals surface area contributed by atoms with Crippen molar-refractivity contribution in [1.29, 1.82) is 0 Å². The fourth-order valence-corrected chi connectivity index (χ4v) is 6.78.